The zero-order chi connectivity index (χ0) is 15.9. The molecular formula is C15H22N2O3S2. The Balaban J connectivity index is 1.60. The van der Waals surface area contributed by atoms with Gasteiger partial charge >= 0.3 is 0 Å². The number of hydrogen-bond acceptors (Lipinski definition) is 5. The van der Waals surface area contributed by atoms with Crippen LogP contribution in [0.4, 0.5) is 0 Å². The van der Waals surface area contributed by atoms with E-state index in [1.807, 2.05) is 21.6 Å². The van der Waals surface area contributed by atoms with Crippen molar-refractivity contribution in [1.29, 1.82) is 0 Å². The normalized spacial score (nSPS) is 17.5. The molecule has 0 aliphatic carbocycles. The molecule has 22 heavy (non-hydrogen) atoms. The molecule has 1 unspecified atom stereocenters. The number of hydrogen-bond donors (Lipinski definition) is 2. The van der Waals surface area contributed by atoms with E-state index < -0.39 is 0 Å². The van der Waals surface area contributed by atoms with E-state index in [2.05, 4.69) is 10.9 Å². The van der Waals surface area contributed by atoms with Crippen LogP contribution in [0.25, 0.3) is 0 Å². The first-order chi connectivity index (χ1) is 10.6. The highest BCUT2D eigenvalue weighted by atomic mass is 33.1. The van der Waals surface area contributed by atoms with Gasteiger partial charge in [-0.1, -0.05) is 28.0 Å². The zero-order valence-electron chi connectivity index (χ0n) is 12.9. The summed E-state index contributed by atoms with van der Waals surface area (Å²) in [6.07, 6.45) is 4.80. The lowest BCUT2D eigenvalue weighted by molar-refractivity contribution is -0.122. The Labute approximate surface area is 138 Å². The van der Waals surface area contributed by atoms with Crippen LogP contribution in [-0.2, 0) is 4.79 Å². The van der Waals surface area contributed by atoms with Crippen molar-refractivity contribution in [3.8, 4) is 0 Å². The van der Waals surface area contributed by atoms with E-state index in [1.54, 1.807) is 19.9 Å². The van der Waals surface area contributed by atoms with Gasteiger partial charge in [0.25, 0.3) is 5.91 Å². The highest BCUT2D eigenvalue weighted by Crippen LogP contribution is 2.39. The van der Waals surface area contributed by atoms with Gasteiger partial charge in [-0.25, -0.2) is 0 Å². The van der Waals surface area contributed by atoms with Crippen LogP contribution in [-0.4, -0.2) is 22.8 Å². The van der Waals surface area contributed by atoms with Crippen molar-refractivity contribution < 1.29 is 14.0 Å². The Morgan fingerprint density at radius 3 is 2.77 bits per heavy atom. The van der Waals surface area contributed by atoms with E-state index in [9.17, 15) is 9.59 Å². The summed E-state index contributed by atoms with van der Waals surface area (Å²) in [5.74, 6) is 1.98. The van der Waals surface area contributed by atoms with Crippen molar-refractivity contribution in [2.45, 2.75) is 51.2 Å². The maximum absolute atomic E-state index is 11.9. The van der Waals surface area contributed by atoms with Crippen molar-refractivity contribution in [2.75, 3.05) is 5.75 Å². The Morgan fingerprint density at radius 1 is 1.32 bits per heavy atom. The molecule has 7 heteroatoms. The van der Waals surface area contributed by atoms with E-state index in [-0.39, 0.29) is 11.8 Å². The summed E-state index contributed by atoms with van der Waals surface area (Å²) in [7, 11) is 3.91. The monoisotopic (exact) mass is 342 g/mol. The molecule has 1 fully saturated rings. The molecule has 5 nitrogen and oxygen atoms in total. The minimum absolute atomic E-state index is 0.153. The standard InChI is InChI=1S/C15H22N2O3S2/c1-10-9-13(11(2)20-10)15(19)17-16-14(18)6-4-3-5-12-7-8-21-22-12/h9,12H,3-8H2,1-2H3,(H,16,18)(H,17,19). The van der Waals surface area contributed by atoms with Crippen molar-refractivity contribution in [2.24, 2.45) is 0 Å². The zero-order valence-corrected chi connectivity index (χ0v) is 14.6. The second-order valence-corrected chi connectivity index (χ2v) is 8.19. The fraction of sp³-hybridized carbons (Fsp3) is 0.600. The molecule has 2 N–H and O–H groups in total. The maximum Gasteiger partial charge on any atom is 0.273 e. The van der Waals surface area contributed by atoms with Gasteiger partial charge in [0, 0.05) is 17.4 Å². The molecule has 2 amide bonds. The van der Waals surface area contributed by atoms with Crippen LogP contribution < -0.4 is 10.9 Å². The Bertz CT molecular complexity index is 525. The van der Waals surface area contributed by atoms with E-state index in [4.69, 9.17) is 4.42 Å². The lowest BCUT2D eigenvalue weighted by Gasteiger charge is -2.08. The van der Waals surface area contributed by atoms with Crippen LogP contribution in [0.1, 0.15) is 54.0 Å². The number of carbonyl (C=O) groups excluding carboxylic acids is 2. The SMILES string of the molecule is Cc1cc(C(=O)NNC(=O)CCCCC2CCSS2)c(C)o1. The minimum atomic E-state index is -0.345. The molecular weight excluding hydrogens is 320 g/mol. The molecule has 2 heterocycles. The predicted molar refractivity (Wildman–Crippen MR) is 90.7 cm³/mol. The van der Waals surface area contributed by atoms with Crippen molar-refractivity contribution in [3.63, 3.8) is 0 Å². The van der Waals surface area contributed by atoms with E-state index in [0.29, 0.717) is 23.5 Å². The lowest BCUT2D eigenvalue weighted by atomic mass is 10.1. The number of rotatable bonds is 6. The predicted octanol–water partition coefficient (Wildman–Crippen LogP) is 3.37. The molecule has 1 aliphatic rings. The molecule has 0 spiro atoms. The first kappa shape index (κ1) is 17.3. The van der Waals surface area contributed by atoms with Crippen LogP contribution >= 0.6 is 21.6 Å². The second kappa shape index (κ2) is 8.53. The third kappa shape index (κ3) is 5.28. The number of furan rings is 1. The van der Waals surface area contributed by atoms with Crippen LogP contribution in [0.15, 0.2) is 10.5 Å². The summed E-state index contributed by atoms with van der Waals surface area (Å²) in [5.41, 5.74) is 5.34. The van der Waals surface area contributed by atoms with Gasteiger partial charge in [-0.05, 0) is 39.2 Å². The molecule has 1 saturated heterocycles. The maximum atomic E-state index is 11.9. The molecule has 0 aromatic carbocycles. The van der Waals surface area contributed by atoms with Crippen LogP contribution in [0, 0.1) is 13.8 Å². The van der Waals surface area contributed by atoms with E-state index >= 15 is 0 Å². The fourth-order valence-electron chi connectivity index (χ4n) is 2.33. The number of amides is 2. The number of hydrazine groups is 1. The van der Waals surface area contributed by atoms with Gasteiger partial charge in [0.1, 0.15) is 11.5 Å². The molecule has 0 radical (unpaired) electrons. The number of carbonyl (C=O) groups is 2. The lowest BCUT2D eigenvalue weighted by Crippen LogP contribution is -2.41. The largest absolute Gasteiger partial charge is 0.466 e. The van der Waals surface area contributed by atoms with Crippen LogP contribution in [0.5, 0.6) is 0 Å². The summed E-state index contributed by atoms with van der Waals surface area (Å²) in [6.45, 7) is 3.51. The first-order valence-electron chi connectivity index (χ1n) is 7.50. The van der Waals surface area contributed by atoms with Crippen LogP contribution in [0.2, 0.25) is 0 Å². The molecule has 1 aromatic heterocycles. The van der Waals surface area contributed by atoms with Crippen molar-refractivity contribution >= 4 is 33.4 Å². The molecule has 122 valence electrons. The van der Waals surface area contributed by atoms with Gasteiger partial charge in [-0.3, -0.25) is 20.4 Å². The summed E-state index contributed by atoms with van der Waals surface area (Å²) < 4.78 is 5.29. The molecule has 1 atom stereocenters. The van der Waals surface area contributed by atoms with E-state index in [0.717, 1.165) is 18.1 Å². The van der Waals surface area contributed by atoms with Gasteiger partial charge in [0.15, 0.2) is 0 Å². The van der Waals surface area contributed by atoms with Gasteiger partial charge < -0.3 is 4.42 Å². The minimum Gasteiger partial charge on any atom is -0.466 e. The van der Waals surface area contributed by atoms with E-state index in [1.165, 1.54) is 18.6 Å². The third-order valence-electron chi connectivity index (χ3n) is 3.51. The Kier molecular flexibility index (Phi) is 6.70. The smallest absolute Gasteiger partial charge is 0.273 e. The fourth-order valence-corrected chi connectivity index (χ4v) is 5.36. The van der Waals surface area contributed by atoms with Crippen molar-refractivity contribution in [3.05, 3.63) is 23.2 Å². The molecule has 0 saturated carbocycles. The quantitative estimate of drug-likeness (QED) is 0.471. The van der Waals surface area contributed by atoms with Gasteiger partial charge in [0.2, 0.25) is 5.91 Å². The Morgan fingerprint density at radius 2 is 2.14 bits per heavy atom. The first-order valence-corrected chi connectivity index (χ1v) is 9.89. The second-order valence-electron chi connectivity index (χ2n) is 5.40. The average Bonchev–Trinajstić information content (AvgIpc) is 3.10. The number of aryl methyl sites for hydroxylation is 2. The Hall–Kier alpha value is -1.08. The van der Waals surface area contributed by atoms with Gasteiger partial charge in [-0.2, -0.15) is 0 Å². The highest BCUT2D eigenvalue weighted by Gasteiger charge is 2.16. The number of nitrogens with one attached hydrogen (secondary N) is 2. The van der Waals surface area contributed by atoms with Gasteiger partial charge in [0.05, 0.1) is 5.56 Å². The molecule has 0 bridgehead atoms. The number of unbranched alkanes of at least 4 members (excludes halogenated alkanes) is 1. The third-order valence-corrected chi connectivity index (χ3v) is 6.52. The highest BCUT2D eigenvalue weighted by molar-refractivity contribution is 8.77. The summed E-state index contributed by atoms with van der Waals surface area (Å²) in [5, 5.41) is 0.750. The van der Waals surface area contributed by atoms with Gasteiger partial charge in [-0.15, -0.1) is 0 Å². The van der Waals surface area contributed by atoms with Crippen LogP contribution in [0.3, 0.4) is 0 Å². The summed E-state index contributed by atoms with van der Waals surface area (Å²) in [4.78, 5) is 23.6. The summed E-state index contributed by atoms with van der Waals surface area (Å²) in [6, 6.07) is 1.66. The molecule has 1 aromatic rings. The average molecular weight is 342 g/mol. The molecule has 2 rings (SSSR count). The molecule has 1 aliphatic heterocycles. The topological polar surface area (TPSA) is 71.3 Å². The van der Waals surface area contributed by atoms with Crippen molar-refractivity contribution in [1.82, 2.24) is 10.9 Å². The summed E-state index contributed by atoms with van der Waals surface area (Å²) >= 11 is 0.